The van der Waals surface area contributed by atoms with Crippen LogP contribution >= 0.6 is 24.8 Å². The summed E-state index contributed by atoms with van der Waals surface area (Å²) < 4.78 is 0. The van der Waals surface area contributed by atoms with Gasteiger partial charge in [-0.1, -0.05) is 6.07 Å². The second-order valence-corrected chi connectivity index (χ2v) is 5.65. The van der Waals surface area contributed by atoms with E-state index in [1.807, 2.05) is 19.1 Å². The van der Waals surface area contributed by atoms with E-state index >= 15 is 0 Å². The van der Waals surface area contributed by atoms with Crippen LogP contribution in [-0.4, -0.2) is 16.9 Å². The van der Waals surface area contributed by atoms with E-state index < -0.39 is 0 Å². The fourth-order valence-electron chi connectivity index (χ4n) is 3.48. The zero-order valence-corrected chi connectivity index (χ0v) is 13.0. The van der Waals surface area contributed by atoms with Crippen molar-refractivity contribution in [1.29, 1.82) is 0 Å². The van der Waals surface area contributed by atoms with Crippen molar-refractivity contribution in [1.82, 2.24) is 4.98 Å². The molecule has 1 amide bonds. The summed E-state index contributed by atoms with van der Waals surface area (Å²) in [5.41, 5.74) is 7.25. The number of aromatic nitrogens is 1. The smallest absolute Gasteiger partial charge is 0.230 e. The first-order valence-corrected chi connectivity index (χ1v) is 6.64. The van der Waals surface area contributed by atoms with E-state index in [0.717, 1.165) is 18.4 Å². The quantitative estimate of drug-likeness (QED) is 0.880. The molecule has 1 aromatic rings. The largest absolute Gasteiger partial charge is 0.327 e. The summed E-state index contributed by atoms with van der Waals surface area (Å²) in [6.45, 7) is 1.98. The maximum atomic E-state index is 12.3. The zero-order valence-electron chi connectivity index (χ0n) is 11.4. The molecule has 4 nitrogen and oxygen atoms in total. The van der Waals surface area contributed by atoms with E-state index in [9.17, 15) is 4.79 Å². The van der Waals surface area contributed by atoms with Gasteiger partial charge in [0.05, 0.1) is 5.92 Å². The van der Waals surface area contributed by atoms with Gasteiger partial charge in [0.15, 0.2) is 0 Å². The number of fused-ring (bicyclic) bond motifs is 2. The van der Waals surface area contributed by atoms with Gasteiger partial charge in [0.1, 0.15) is 5.82 Å². The first kappa shape index (κ1) is 17.2. The highest BCUT2D eigenvalue weighted by molar-refractivity contribution is 5.92. The van der Waals surface area contributed by atoms with Crippen molar-refractivity contribution in [2.75, 3.05) is 5.32 Å². The van der Waals surface area contributed by atoms with Gasteiger partial charge in [-0.15, -0.1) is 24.8 Å². The molecule has 0 aromatic carbocycles. The minimum atomic E-state index is -0.0214. The number of halogens is 2. The molecule has 2 fully saturated rings. The van der Waals surface area contributed by atoms with Crippen molar-refractivity contribution in [3.05, 3.63) is 23.9 Å². The van der Waals surface area contributed by atoms with Crippen LogP contribution in [0.3, 0.4) is 0 Å². The van der Waals surface area contributed by atoms with E-state index in [0.29, 0.717) is 17.7 Å². The van der Waals surface area contributed by atoms with Crippen LogP contribution in [0.4, 0.5) is 5.82 Å². The summed E-state index contributed by atoms with van der Waals surface area (Å²) in [6.07, 6.45) is 5.23. The summed E-state index contributed by atoms with van der Waals surface area (Å²) in [6, 6.07) is 3.82. The minimum absolute atomic E-state index is 0. The molecule has 3 rings (SSSR count). The molecule has 20 heavy (non-hydrogen) atoms. The highest BCUT2D eigenvalue weighted by Gasteiger charge is 2.49. The van der Waals surface area contributed by atoms with E-state index in [-0.39, 0.29) is 42.7 Å². The molecule has 0 radical (unpaired) electrons. The molecule has 2 aliphatic rings. The fourth-order valence-corrected chi connectivity index (χ4v) is 3.48. The lowest BCUT2D eigenvalue weighted by Gasteiger charge is -2.26. The maximum absolute atomic E-state index is 12.3. The average Bonchev–Trinajstić information content (AvgIpc) is 2.92. The molecule has 0 aliphatic heterocycles. The van der Waals surface area contributed by atoms with Crippen molar-refractivity contribution >= 4 is 36.5 Å². The van der Waals surface area contributed by atoms with Crippen LogP contribution in [-0.2, 0) is 4.79 Å². The molecule has 2 saturated carbocycles. The van der Waals surface area contributed by atoms with Gasteiger partial charge in [0.25, 0.3) is 0 Å². The monoisotopic (exact) mass is 317 g/mol. The lowest BCUT2D eigenvalue weighted by Crippen LogP contribution is -2.42. The van der Waals surface area contributed by atoms with Crippen LogP contribution in [0.15, 0.2) is 18.3 Å². The van der Waals surface area contributed by atoms with Crippen LogP contribution in [0, 0.1) is 24.7 Å². The third-order valence-corrected chi connectivity index (χ3v) is 4.45. The second-order valence-electron chi connectivity index (χ2n) is 5.65. The maximum Gasteiger partial charge on any atom is 0.230 e. The Balaban J connectivity index is 0.000001000. The summed E-state index contributed by atoms with van der Waals surface area (Å²) in [5, 5.41) is 2.90. The summed E-state index contributed by atoms with van der Waals surface area (Å²) in [4.78, 5) is 16.5. The Labute approximate surface area is 131 Å². The molecule has 2 aliphatic carbocycles. The minimum Gasteiger partial charge on any atom is -0.327 e. The number of hydrogen-bond acceptors (Lipinski definition) is 3. The van der Waals surface area contributed by atoms with Gasteiger partial charge in [0.2, 0.25) is 5.91 Å². The third kappa shape index (κ3) is 3.08. The van der Waals surface area contributed by atoms with Crippen molar-refractivity contribution in [2.45, 2.75) is 32.2 Å². The number of nitrogens with zero attached hydrogens (tertiary/aromatic N) is 1. The molecule has 0 saturated heterocycles. The van der Waals surface area contributed by atoms with Crippen LogP contribution in [0.2, 0.25) is 0 Å². The fraction of sp³-hybridized carbons (Fsp3) is 0.571. The van der Waals surface area contributed by atoms with Crippen molar-refractivity contribution < 1.29 is 4.79 Å². The number of pyridine rings is 1. The van der Waals surface area contributed by atoms with E-state index in [4.69, 9.17) is 5.73 Å². The highest BCUT2D eigenvalue weighted by atomic mass is 35.5. The topological polar surface area (TPSA) is 68.0 Å². The second kappa shape index (κ2) is 6.74. The number of rotatable bonds is 2. The number of anilines is 1. The predicted molar refractivity (Wildman–Crippen MR) is 84.4 cm³/mol. The normalized spacial score (nSPS) is 30.3. The van der Waals surface area contributed by atoms with Gasteiger partial charge in [-0.2, -0.15) is 0 Å². The van der Waals surface area contributed by atoms with Gasteiger partial charge in [0, 0.05) is 12.2 Å². The molecule has 4 atom stereocenters. The van der Waals surface area contributed by atoms with Crippen LogP contribution in [0.5, 0.6) is 0 Å². The molecule has 0 spiro atoms. The molecule has 1 aromatic heterocycles. The number of nitrogens with one attached hydrogen (secondary N) is 1. The zero-order chi connectivity index (χ0) is 12.7. The Morgan fingerprint density at radius 1 is 1.30 bits per heavy atom. The lowest BCUT2D eigenvalue weighted by atomic mass is 9.84. The summed E-state index contributed by atoms with van der Waals surface area (Å²) in [5.74, 6) is 1.69. The van der Waals surface area contributed by atoms with Crippen molar-refractivity contribution in [3.8, 4) is 0 Å². The van der Waals surface area contributed by atoms with E-state index in [2.05, 4.69) is 10.3 Å². The molecule has 112 valence electrons. The third-order valence-electron chi connectivity index (χ3n) is 4.45. The molecule has 3 N–H and O–H groups in total. The Hall–Kier alpha value is -0.840. The predicted octanol–water partition coefficient (Wildman–Crippen LogP) is 2.55. The first-order valence-electron chi connectivity index (χ1n) is 6.64. The summed E-state index contributed by atoms with van der Waals surface area (Å²) >= 11 is 0. The van der Waals surface area contributed by atoms with E-state index in [1.165, 1.54) is 6.42 Å². The number of carbonyl (C=O) groups excluding carboxylic acids is 1. The summed E-state index contributed by atoms with van der Waals surface area (Å²) in [7, 11) is 0. The average molecular weight is 318 g/mol. The number of aryl methyl sites for hydroxylation is 1. The lowest BCUT2D eigenvalue weighted by molar-refractivity contribution is -0.121. The van der Waals surface area contributed by atoms with Gasteiger partial charge < -0.3 is 11.1 Å². The van der Waals surface area contributed by atoms with Gasteiger partial charge in [-0.05, 0) is 49.7 Å². The number of nitrogens with two attached hydrogens (primary N) is 1. The number of amides is 1. The van der Waals surface area contributed by atoms with Gasteiger partial charge in [-0.25, -0.2) is 4.98 Å². The van der Waals surface area contributed by atoms with Crippen LogP contribution in [0.25, 0.3) is 0 Å². The standard InChI is InChI=1S/C14H19N3O.2ClH/c1-8-2-5-11(16-7-8)17-14(18)12-9-3-4-10(6-9)13(12)15;;/h2,5,7,9-10,12-13H,3-4,6,15H2,1H3,(H,16,17,18);2*1H. The Kier molecular flexibility index (Phi) is 5.80. The van der Waals surface area contributed by atoms with Crippen LogP contribution < -0.4 is 11.1 Å². The van der Waals surface area contributed by atoms with E-state index in [1.54, 1.807) is 6.20 Å². The van der Waals surface area contributed by atoms with Gasteiger partial charge >= 0.3 is 0 Å². The molecule has 6 heteroatoms. The van der Waals surface area contributed by atoms with Gasteiger partial charge in [-0.3, -0.25) is 4.79 Å². The number of hydrogen-bond donors (Lipinski definition) is 2. The molecular formula is C14H21Cl2N3O. The van der Waals surface area contributed by atoms with Crippen molar-refractivity contribution in [3.63, 3.8) is 0 Å². The molecular weight excluding hydrogens is 297 g/mol. The van der Waals surface area contributed by atoms with Crippen molar-refractivity contribution in [2.24, 2.45) is 23.5 Å². The Morgan fingerprint density at radius 2 is 2.00 bits per heavy atom. The molecule has 4 unspecified atom stereocenters. The van der Waals surface area contributed by atoms with Crippen LogP contribution in [0.1, 0.15) is 24.8 Å². The Morgan fingerprint density at radius 3 is 2.55 bits per heavy atom. The number of carbonyl (C=O) groups is 1. The Bertz CT molecular complexity index is 464. The molecule has 1 heterocycles. The highest BCUT2D eigenvalue weighted by Crippen LogP contribution is 2.47. The first-order chi connectivity index (χ1) is 8.65. The SMILES string of the molecule is Cc1ccc(NC(=O)C2C3CCC(C3)C2N)nc1.Cl.Cl. The molecule has 2 bridgehead atoms.